The van der Waals surface area contributed by atoms with Crippen LogP contribution >= 0.6 is 11.8 Å². The molecule has 0 spiro atoms. The maximum absolute atomic E-state index is 12.6. The number of aryl methyl sites for hydroxylation is 1. The van der Waals surface area contributed by atoms with Crippen LogP contribution in [0.5, 0.6) is 0 Å². The zero-order chi connectivity index (χ0) is 22.6. The second kappa shape index (κ2) is 13.2. The van der Waals surface area contributed by atoms with E-state index in [1.807, 2.05) is 12.1 Å². The number of rotatable bonds is 12. The minimum absolute atomic E-state index is 0.116. The standard InChI is InChI=1S/C25H35N3O2S/c1-5-7-16-28(6-2)17-8-15-26-25(30)21-11-14-24(23(18-21)27-20(4)29)31-22-12-9-19(3)10-13-22/h9-14,18H,5-8,15-17H2,1-4H3,(H,26,30)(H,27,29). The van der Waals surface area contributed by atoms with Crippen molar-refractivity contribution in [2.75, 3.05) is 31.5 Å². The molecule has 2 amide bonds. The van der Waals surface area contributed by atoms with E-state index >= 15 is 0 Å². The number of carbonyl (C=O) groups is 2. The maximum Gasteiger partial charge on any atom is 0.251 e. The minimum Gasteiger partial charge on any atom is -0.352 e. The lowest BCUT2D eigenvalue weighted by Crippen LogP contribution is -2.30. The highest BCUT2D eigenvalue weighted by atomic mass is 32.2. The number of anilines is 1. The van der Waals surface area contributed by atoms with E-state index in [2.05, 4.69) is 60.6 Å². The van der Waals surface area contributed by atoms with E-state index in [4.69, 9.17) is 0 Å². The summed E-state index contributed by atoms with van der Waals surface area (Å²) in [6.45, 7) is 11.7. The molecule has 0 atom stereocenters. The highest BCUT2D eigenvalue weighted by Crippen LogP contribution is 2.34. The number of amides is 2. The maximum atomic E-state index is 12.6. The third-order valence-corrected chi connectivity index (χ3v) is 6.10. The van der Waals surface area contributed by atoms with Gasteiger partial charge >= 0.3 is 0 Å². The molecule has 0 aliphatic carbocycles. The summed E-state index contributed by atoms with van der Waals surface area (Å²) >= 11 is 1.57. The molecule has 0 aliphatic rings. The van der Waals surface area contributed by atoms with E-state index in [1.54, 1.807) is 17.8 Å². The lowest BCUT2D eigenvalue weighted by molar-refractivity contribution is -0.114. The molecule has 5 nitrogen and oxygen atoms in total. The van der Waals surface area contributed by atoms with Crippen molar-refractivity contribution < 1.29 is 9.59 Å². The van der Waals surface area contributed by atoms with Crippen molar-refractivity contribution >= 4 is 29.3 Å². The van der Waals surface area contributed by atoms with Crippen LogP contribution in [0.25, 0.3) is 0 Å². The Bertz CT molecular complexity index is 852. The Balaban J connectivity index is 1.99. The van der Waals surface area contributed by atoms with Gasteiger partial charge in [0.2, 0.25) is 5.91 Å². The highest BCUT2D eigenvalue weighted by Gasteiger charge is 2.12. The van der Waals surface area contributed by atoms with Gasteiger partial charge in [0.05, 0.1) is 5.69 Å². The zero-order valence-electron chi connectivity index (χ0n) is 19.2. The van der Waals surface area contributed by atoms with Gasteiger partial charge in [0.15, 0.2) is 0 Å². The summed E-state index contributed by atoms with van der Waals surface area (Å²) in [7, 11) is 0. The third-order valence-electron chi connectivity index (χ3n) is 5.01. The number of unbranched alkanes of at least 4 members (excludes halogenated alkanes) is 1. The number of nitrogens with one attached hydrogen (secondary N) is 2. The smallest absolute Gasteiger partial charge is 0.251 e. The van der Waals surface area contributed by atoms with Crippen LogP contribution in [0, 0.1) is 6.92 Å². The van der Waals surface area contributed by atoms with Gasteiger partial charge in [-0.15, -0.1) is 0 Å². The zero-order valence-corrected chi connectivity index (χ0v) is 20.0. The molecule has 0 aliphatic heterocycles. The first-order valence-electron chi connectivity index (χ1n) is 11.1. The van der Waals surface area contributed by atoms with Crippen molar-refractivity contribution in [2.24, 2.45) is 0 Å². The number of nitrogens with zero attached hydrogens (tertiary/aromatic N) is 1. The highest BCUT2D eigenvalue weighted by molar-refractivity contribution is 7.99. The van der Waals surface area contributed by atoms with Gasteiger partial charge in [-0.1, -0.05) is 49.7 Å². The van der Waals surface area contributed by atoms with Crippen molar-refractivity contribution in [2.45, 2.75) is 56.7 Å². The molecule has 2 aromatic carbocycles. The topological polar surface area (TPSA) is 61.4 Å². The van der Waals surface area contributed by atoms with Crippen molar-refractivity contribution in [3.8, 4) is 0 Å². The lowest BCUT2D eigenvalue weighted by Gasteiger charge is -2.20. The molecule has 0 saturated carbocycles. The predicted molar refractivity (Wildman–Crippen MR) is 130 cm³/mol. The van der Waals surface area contributed by atoms with Crippen LogP contribution in [0.3, 0.4) is 0 Å². The summed E-state index contributed by atoms with van der Waals surface area (Å²) < 4.78 is 0. The Morgan fingerprint density at radius 3 is 2.35 bits per heavy atom. The van der Waals surface area contributed by atoms with Crippen LogP contribution in [0.4, 0.5) is 5.69 Å². The molecular weight excluding hydrogens is 406 g/mol. The SMILES string of the molecule is CCCCN(CC)CCCNC(=O)c1ccc(Sc2ccc(C)cc2)c(NC(C)=O)c1. The number of benzene rings is 2. The Kier molecular flexibility index (Phi) is 10.6. The van der Waals surface area contributed by atoms with E-state index in [0.29, 0.717) is 17.8 Å². The summed E-state index contributed by atoms with van der Waals surface area (Å²) in [6.07, 6.45) is 3.32. The number of carbonyl (C=O) groups excluding carboxylic acids is 2. The molecule has 0 radical (unpaired) electrons. The summed E-state index contributed by atoms with van der Waals surface area (Å²) in [5.41, 5.74) is 2.41. The summed E-state index contributed by atoms with van der Waals surface area (Å²) in [4.78, 5) is 28.7. The van der Waals surface area contributed by atoms with Gasteiger partial charge in [-0.05, 0) is 69.7 Å². The third kappa shape index (κ3) is 8.75. The molecule has 0 fully saturated rings. The molecule has 0 unspecified atom stereocenters. The monoisotopic (exact) mass is 441 g/mol. The molecule has 0 aromatic heterocycles. The van der Waals surface area contributed by atoms with Crippen LogP contribution in [0.2, 0.25) is 0 Å². The summed E-state index contributed by atoms with van der Waals surface area (Å²) in [5, 5.41) is 5.87. The van der Waals surface area contributed by atoms with Crippen molar-refractivity contribution in [3.05, 3.63) is 53.6 Å². The van der Waals surface area contributed by atoms with Crippen LogP contribution in [-0.2, 0) is 4.79 Å². The van der Waals surface area contributed by atoms with Gasteiger partial charge in [0, 0.05) is 28.8 Å². The average molecular weight is 442 g/mol. The summed E-state index contributed by atoms with van der Waals surface area (Å²) in [5.74, 6) is -0.273. The molecule has 31 heavy (non-hydrogen) atoms. The molecule has 0 saturated heterocycles. The first kappa shape index (κ1) is 25.0. The molecule has 2 N–H and O–H groups in total. The number of hydrogen-bond donors (Lipinski definition) is 2. The van der Waals surface area contributed by atoms with E-state index in [9.17, 15) is 9.59 Å². The molecule has 2 aromatic rings. The second-order valence-corrected chi connectivity index (χ2v) is 8.82. The molecule has 168 valence electrons. The first-order valence-corrected chi connectivity index (χ1v) is 11.9. The van der Waals surface area contributed by atoms with Gasteiger partial charge in [0.1, 0.15) is 0 Å². The van der Waals surface area contributed by atoms with Crippen molar-refractivity contribution in [3.63, 3.8) is 0 Å². The second-order valence-electron chi connectivity index (χ2n) is 7.70. The largest absolute Gasteiger partial charge is 0.352 e. The van der Waals surface area contributed by atoms with Gasteiger partial charge in [-0.25, -0.2) is 0 Å². The van der Waals surface area contributed by atoms with E-state index in [0.717, 1.165) is 35.8 Å². The lowest BCUT2D eigenvalue weighted by atomic mass is 10.2. The first-order chi connectivity index (χ1) is 14.9. The quantitative estimate of drug-likeness (QED) is 0.436. The molecule has 0 heterocycles. The van der Waals surface area contributed by atoms with Gasteiger partial charge in [-0.3, -0.25) is 9.59 Å². The van der Waals surface area contributed by atoms with Gasteiger partial charge in [0.25, 0.3) is 5.91 Å². The molecule has 6 heteroatoms. The average Bonchev–Trinajstić information content (AvgIpc) is 2.75. The summed E-state index contributed by atoms with van der Waals surface area (Å²) in [6, 6.07) is 13.7. The Morgan fingerprint density at radius 1 is 1.00 bits per heavy atom. The van der Waals surface area contributed by atoms with Crippen LogP contribution in [0.15, 0.2) is 52.3 Å². The van der Waals surface area contributed by atoms with Crippen LogP contribution < -0.4 is 10.6 Å². The van der Waals surface area contributed by atoms with Crippen molar-refractivity contribution in [1.29, 1.82) is 0 Å². The molecule has 2 rings (SSSR count). The van der Waals surface area contributed by atoms with Crippen LogP contribution in [-0.4, -0.2) is 42.9 Å². The van der Waals surface area contributed by atoms with Crippen LogP contribution in [0.1, 0.15) is 56.0 Å². The normalized spacial score (nSPS) is 10.9. The fraction of sp³-hybridized carbons (Fsp3) is 0.440. The Morgan fingerprint density at radius 2 is 1.71 bits per heavy atom. The fourth-order valence-electron chi connectivity index (χ4n) is 3.20. The minimum atomic E-state index is -0.157. The number of hydrogen-bond acceptors (Lipinski definition) is 4. The van der Waals surface area contributed by atoms with E-state index in [-0.39, 0.29) is 11.8 Å². The Labute approximate surface area is 191 Å². The molecular formula is C25H35N3O2S. The molecule has 0 bridgehead atoms. The fourth-order valence-corrected chi connectivity index (χ4v) is 4.08. The Hall–Kier alpha value is -2.31. The van der Waals surface area contributed by atoms with Gasteiger partial charge in [-0.2, -0.15) is 0 Å². The van der Waals surface area contributed by atoms with E-state index in [1.165, 1.54) is 25.3 Å². The van der Waals surface area contributed by atoms with E-state index < -0.39 is 0 Å². The van der Waals surface area contributed by atoms with Crippen molar-refractivity contribution in [1.82, 2.24) is 10.2 Å². The van der Waals surface area contributed by atoms with Gasteiger partial charge < -0.3 is 15.5 Å². The predicted octanol–water partition coefficient (Wildman–Crippen LogP) is 5.35.